The van der Waals surface area contributed by atoms with Gasteiger partial charge >= 0.3 is 0 Å². The van der Waals surface area contributed by atoms with Gasteiger partial charge in [-0.3, -0.25) is 0 Å². The van der Waals surface area contributed by atoms with Gasteiger partial charge in [0.1, 0.15) is 11.4 Å². The summed E-state index contributed by atoms with van der Waals surface area (Å²) in [5.41, 5.74) is 7.49. The fraction of sp³-hybridized carbons (Fsp3) is 0.200. The molecule has 49 heavy (non-hydrogen) atoms. The number of hydrogen-bond acceptors (Lipinski definition) is 4. The fourth-order valence-corrected chi connectivity index (χ4v) is 8.43. The third-order valence-electron chi connectivity index (χ3n) is 10.8. The Labute approximate surface area is 287 Å². The van der Waals surface area contributed by atoms with Gasteiger partial charge < -0.3 is 19.5 Å². The maximum Gasteiger partial charge on any atom is 0.178 e. The molecule has 1 fully saturated rings. The number of fused-ring (bicyclic) bond motifs is 6. The van der Waals surface area contributed by atoms with Crippen molar-refractivity contribution < 1.29 is 14.6 Å². The van der Waals surface area contributed by atoms with Crippen LogP contribution in [0.5, 0.6) is 5.75 Å². The zero-order valence-electron chi connectivity index (χ0n) is 27.5. The second kappa shape index (κ2) is 12.1. The lowest BCUT2D eigenvalue weighted by Crippen LogP contribution is -2.38. The third-order valence-corrected chi connectivity index (χ3v) is 10.8. The van der Waals surface area contributed by atoms with Gasteiger partial charge in [0, 0.05) is 46.4 Å². The first kappa shape index (κ1) is 29.9. The van der Waals surface area contributed by atoms with E-state index in [1.165, 1.54) is 11.3 Å². The first-order valence-corrected chi connectivity index (χ1v) is 17.5. The summed E-state index contributed by atoms with van der Waals surface area (Å²) in [6.07, 6.45) is 6.87. The summed E-state index contributed by atoms with van der Waals surface area (Å²) < 4.78 is 13.1. The van der Waals surface area contributed by atoms with Gasteiger partial charge in [-0.05, 0) is 65.1 Å². The van der Waals surface area contributed by atoms with Crippen LogP contribution in [0.4, 0.5) is 5.69 Å². The topological polar surface area (TPSA) is 41.9 Å². The molecule has 2 heterocycles. The van der Waals surface area contributed by atoms with Gasteiger partial charge in [0.2, 0.25) is 0 Å². The Morgan fingerprint density at radius 2 is 1.31 bits per heavy atom. The molecule has 6 aromatic carbocycles. The van der Waals surface area contributed by atoms with E-state index in [2.05, 4.69) is 144 Å². The van der Waals surface area contributed by atoms with Crippen molar-refractivity contribution in [1.82, 2.24) is 0 Å². The minimum atomic E-state index is -1.20. The van der Waals surface area contributed by atoms with Gasteiger partial charge in [0.05, 0.1) is 13.2 Å². The molecule has 1 N–H and O–H groups in total. The summed E-state index contributed by atoms with van der Waals surface area (Å²) in [7, 11) is 0. The summed E-state index contributed by atoms with van der Waals surface area (Å²) in [4.78, 5) is 2.38. The van der Waals surface area contributed by atoms with E-state index in [0.29, 0.717) is 6.42 Å². The van der Waals surface area contributed by atoms with Gasteiger partial charge in [0.25, 0.3) is 0 Å². The van der Waals surface area contributed by atoms with E-state index in [1.807, 2.05) is 6.07 Å². The van der Waals surface area contributed by atoms with E-state index in [-0.39, 0.29) is 0 Å². The SMILES string of the molecule is OC1(c2ccccc2-c2ccccc2)CCCc2c1c1c(c3ccccc23)OC(c2ccccc2)(c2ccc(N3CCOCC3)cc2)C=C1. The summed E-state index contributed by atoms with van der Waals surface area (Å²) in [6, 6.07) is 46.7. The number of aliphatic hydroxyl groups is 1. The standard InChI is InChI=1S/C45H39NO3/c47-44(41-20-10-9-16-36(41)32-12-3-1-4-13-32)26-11-19-38-37-17-7-8-18-39(37)43-40(42(38)44)25-27-45(49-43,33-14-5-2-6-15-33)34-21-23-35(24-22-34)46-28-30-48-31-29-46/h1-10,12-18,20-25,27,47H,11,19,26,28-31H2. The van der Waals surface area contributed by atoms with Crippen molar-refractivity contribution in [3.8, 4) is 16.9 Å². The van der Waals surface area contributed by atoms with E-state index in [1.54, 1.807) is 0 Å². The lowest BCUT2D eigenvalue weighted by atomic mass is 9.69. The van der Waals surface area contributed by atoms with E-state index in [0.717, 1.165) is 94.6 Å². The largest absolute Gasteiger partial charge is 0.472 e. The Bertz CT molecular complexity index is 2170. The van der Waals surface area contributed by atoms with E-state index >= 15 is 0 Å². The Morgan fingerprint density at radius 1 is 0.653 bits per heavy atom. The predicted molar refractivity (Wildman–Crippen MR) is 198 cm³/mol. The molecule has 2 aliphatic heterocycles. The van der Waals surface area contributed by atoms with E-state index < -0.39 is 11.2 Å². The Hall–Kier alpha value is -5.16. The highest BCUT2D eigenvalue weighted by molar-refractivity contribution is 5.98. The van der Waals surface area contributed by atoms with Crippen LogP contribution < -0.4 is 9.64 Å². The van der Waals surface area contributed by atoms with E-state index in [4.69, 9.17) is 9.47 Å². The van der Waals surface area contributed by atoms with Gasteiger partial charge in [-0.25, -0.2) is 0 Å². The fourth-order valence-electron chi connectivity index (χ4n) is 8.43. The molecule has 6 aromatic rings. The number of morpholine rings is 1. The van der Waals surface area contributed by atoms with Crippen LogP contribution in [0.1, 0.15) is 46.2 Å². The zero-order chi connectivity index (χ0) is 32.8. The Kier molecular flexibility index (Phi) is 7.37. The molecule has 0 spiro atoms. The van der Waals surface area contributed by atoms with Crippen molar-refractivity contribution in [2.24, 2.45) is 0 Å². The molecular weight excluding hydrogens is 602 g/mol. The van der Waals surface area contributed by atoms with Crippen molar-refractivity contribution >= 4 is 22.5 Å². The predicted octanol–water partition coefficient (Wildman–Crippen LogP) is 9.27. The molecule has 4 heteroatoms. The Morgan fingerprint density at radius 3 is 2.08 bits per heavy atom. The van der Waals surface area contributed by atoms with Crippen LogP contribution in [0, 0.1) is 0 Å². The molecule has 2 unspecified atom stereocenters. The number of benzene rings is 6. The summed E-state index contributed by atoms with van der Waals surface area (Å²) >= 11 is 0. The van der Waals surface area contributed by atoms with Crippen molar-refractivity contribution in [3.05, 3.63) is 173 Å². The van der Waals surface area contributed by atoms with Gasteiger partial charge in [0.15, 0.2) is 5.60 Å². The molecule has 9 rings (SSSR count). The quantitative estimate of drug-likeness (QED) is 0.204. The molecular formula is C45H39NO3. The third kappa shape index (κ3) is 4.89. The van der Waals surface area contributed by atoms with Crippen LogP contribution in [-0.2, 0) is 22.4 Å². The molecule has 1 aliphatic carbocycles. The summed E-state index contributed by atoms with van der Waals surface area (Å²) in [5, 5.41) is 15.4. The first-order valence-electron chi connectivity index (χ1n) is 17.5. The van der Waals surface area contributed by atoms with Crippen LogP contribution in [0.3, 0.4) is 0 Å². The second-order valence-electron chi connectivity index (χ2n) is 13.5. The summed E-state index contributed by atoms with van der Waals surface area (Å²) in [6.45, 7) is 3.27. The molecule has 0 amide bonds. The number of rotatable bonds is 5. The van der Waals surface area contributed by atoms with Crippen LogP contribution in [0.2, 0.25) is 0 Å². The average Bonchev–Trinajstić information content (AvgIpc) is 3.19. The van der Waals surface area contributed by atoms with Gasteiger partial charge in [-0.1, -0.05) is 127 Å². The van der Waals surface area contributed by atoms with Crippen LogP contribution in [-0.4, -0.2) is 31.4 Å². The van der Waals surface area contributed by atoms with Gasteiger partial charge in [-0.15, -0.1) is 0 Å². The number of ether oxygens (including phenoxy) is 2. The van der Waals surface area contributed by atoms with Crippen molar-refractivity contribution in [1.29, 1.82) is 0 Å². The maximum absolute atomic E-state index is 13.2. The number of aryl methyl sites for hydroxylation is 1. The highest BCUT2D eigenvalue weighted by atomic mass is 16.5. The number of hydrogen-bond donors (Lipinski definition) is 1. The van der Waals surface area contributed by atoms with Crippen molar-refractivity contribution in [2.45, 2.75) is 30.5 Å². The van der Waals surface area contributed by atoms with E-state index in [9.17, 15) is 5.11 Å². The minimum absolute atomic E-state index is 0.634. The molecule has 0 radical (unpaired) electrons. The lowest BCUT2D eigenvalue weighted by Gasteiger charge is -2.42. The molecule has 242 valence electrons. The molecule has 2 atom stereocenters. The molecule has 0 bridgehead atoms. The number of anilines is 1. The van der Waals surface area contributed by atoms with Crippen molar-refractivity contribution in [2.75, 3.05) is 31.2 Å². The van der Waals surface area contributed by atoms with Crippen molar-refractivity contribution in [3.63, 3.8) is 0 Å². The van der Waals surface area contributed by atoms with Crippen LogP contribution in [0.25, 0.3) is 28.0 Å². The van der Waals surface area contributed by atoms with Gasteiger partial charge in [-0.2, -0.15) is 0 Å². The maximum atomic E-state index is 13.2. The highest BCUT2D eigenvalue weighted by Crippen LogP contribution is 2.54. The number of nitrogens with zero attached hydrogens (tertiary/aromatic N) is 1. The molecule has 1 saturated heterocycles. The Balaban J connectivity index is 1.26. The van der Waals surface area contributed by atoms with Crippen LogP contribution in [0.15, 0.2) is 140 Å². The molecule has 4 nitrogen and oxygen atoms in total. The summed E-state index contributed by atoms with van der Waals surface area (Å²) in [5.74, 6) is 0.815. The smallest absolute Gasteiger partial charge is 0.178 e. The molecule has 0 aromatic heterocycles. The average molecular weight is 642 g/mol. The molecule has 3 aliphatic rings. The van der Waals surface area contributed by atoms with Crippen LogP contribution >= 0.6 is 0 Å². The molecule has 0 saturated carbocycles. The minimum Gasteiger partial charge on any atom is -0.472 e. The lowest BCUT2D eigenvalue weighted by molar-refractivity contribution is 0.0612. The first-order chi connectivity index (χ1) is 24.2. The zero-order valence-corrected chi connectivity index (χ0v) is 27.5. The monoisotopic (exact) mass is 641 g/mol. The second-order valence-corrected chi connectivity index (χ2v) is 13.5. The highest BCUT2D eigenvalue weighted by Gasteiger charge is 2.45. The normalized spacial score (nSPS) is 21.5.